The molecule has 4 amide bonds. The number of rotatable bonds is 4. The Labute approximate surface area is 272 Å². The fraction of sp³-hybridized carbons (Fsp3) is 0.152. The highest BCUT2D eigenvalue weighted by molar-refractivity contribution is 6.38. The summed E-state index contributed by atoms with van der Waals surface area (Å²) in [6.07, 6.45) is -12.1. The number of aryl methyl sites for hydroxylation is 1. The van der Waals surface area contributed by atoms with Crippen LogP contribution in [-0.2, 0) is 5.41 Å². The number of halogens is 8. The Morgan fingerprint density at radius 2 is 0.957 bits per heavy atom. The molecule has 0 spiro atoms. The van der Waals surface area contributed by atoms with Crippen LogP contribution in [0.15, 0.2) is 72.8 Å². The summed E-state index contributed by atoms with van der Waals surface area (Å²) >= 11 is 12.8. The molecular weight excluding hydrogens is 673 g/mol. The van der Waals surface area contributed by atoms with E-state index in [1.165, 1.54) is 18.2 Å². The number of nitrogens with zero attached hydrogens (tertiary/aromatic N) is 2. The largest absolute Gasteiger partial charge is 0.411 e. The highest BCUT2D eigenvalue weighted by atomic mass is 35.5. The van der Waals surface area contributed by atoms with Gasteiger partial charge in [-0.1, -0.05) is 53.5 Å². The van der Waals surface area contributed by atoms with Gasteiger partial charge < -0.3 is 0 Å². The third kappa shape index (κ3) is 4.64. The zero-order valence-electron chi connectivity index (χ0n) is 24.0. The molecule has 2 heterocycles. The second-order valence-corrected chi connectivity index (χ2v) is 11.8. The topological polar surface area (TPSA) is 74.8 Å². The number of fused-ring (bicyclic) bond motifs is 2. The van der Waals surface area contributed by atoms with Crippen LogP contribution >= 0.6 is 23.2 Å². The molecule has 0 atom stereocenters. The molecule has 0 saturated heterocycles. The van der Waals surface area contributed by atoms with Gasteiger partial charge in [0.25, 0.3) is 23.6 Å². The van der Waals surface area contributed by atoms with Gasteiger partial charge in [-0.3, -0.25) is 24.1 Å². The number of hydrogen-bond acceptors (Lipinski definition) is 4. The molecule has 14 heteroatoms. The molecule has 0 aliphatic carbocycles. The van der Waals surface area contributed by atoms with Gasteiger partial charge in [0, 0.05) is 23.2 Å². The van der Waals surface area contributed by atoms with Crippen molar-refractivity contribution in [1.82, 2.24) is 4.90 Å². The Bertz CT molecular complexity index is 2060. The number of benzene rings is 4. The van der Waals surface area contributed by atoms with Crippen molar-refractivity contribution in [1.29, 1.82) is 0 Å². The number of anilines is 1. The molecule has 0 bridgehead atoms. The number of amides is 4. The van der Waals surface area contributed by atoms with Crippen molar-refractivity contribution in [2.45, 2.75) is 24.7 Å². The molecule has 4 aromatic rings. The summed E-state index contributed by atoms with van der Waals surface area (Å²) < 4.78 is 89.5. The molecule has 0 saturated carbocycles. The molecule has 0 aromatic heterocycles. The lowest BCUT2D eigenvalue weighted by molar-refractivity contribution is -0.288. The van der Waals surface area contributed by atoms with E-state index in [1.807, 2.05) is 6.92 Å². The van der Waals surface area contributed by atoms with Crippen molar-refractivity contribution in [2.75, 3.05) is 11.9 Å². The summed E-state index contributed by atoms with van der Waals surface area (Å²) in [4.78, 5) is 52.8. The molecule has 0 radical (unpaired) electrons. The zero-order chi connectivity index (χ0) is 34.4. The van der Waals surface area contributed by atoms with Crippen LogP contribution in [-0.4, -0.2) is 47.9 Å². The van der Waals surface area contributed by atoms with Crippen molar-refractivity contribution in [3.63, 3.8) is 0 Å². The Morgan fingerprint density at radius 1 is 0.532 bits per heavy atom. The van der Waals surface area contributed by atoms with Crippen molar-refractivity contribution in [3.8, 4) is 11.1 Å². The van der Waals surface area contributed by atoms with Crippen LogP contribution in [0.1, 0.15) is 58.1 Å². The molecule has 6 nitrogen and oxygen atoms in total. The lowest BCUT2D eigenvalue weighted by Gasteiger charge is -2.38. The number of imide groups is 2. The van der Waals surface area contributed by atoms with Crippen molar-refractivity contribution in [3.05, 3.63) is 122 Å². The maximum absolute atomic E-state index is 14.9. The van der Waals surface area contributed by atoms with Crippen LogP contribution in [0, 0.1) is 6.92 Å². The SMILES string of the molecule is Cc1ccc(-c2ccc(N3C(=O)c4ccc(C(c5ccc6c(c5)C(=O)N(C)C6=O)(C(F)(F)F)C(F)(F)F)cc4C3=O)cc2Cl)c(Cl)c1. The van der Waals surface area contributed by atoms with Gasteiger partial charge in [-0.15, -0.1) is 0 Å². The maximum atomic E-state index is 14.9. The Morgan fingerprint density at radius 3 is 1.47 bits per heavy atom. The van der Waals surface area contributed by atoms with E-state index < -0.39 is 69.2 Å². The van der Waals surface area contributed by atoms with Crippen LogP contribution in [0.3, 0.4) is 0 Å². The van der Waals surface area contributed by atoms with Gasteiger partial charge in [0.15, 0.2) is 0 Å². The van der Waals surface area contributed by atoms with Crippen molar-refractivity contribution < 1.29 is 45.5 Å². The minimum absolute atomic E-state index is 0.0638. The van der Waals surface area contributed by atoms with Gasteiger partial charge in [-0.2, -0.15) is 26.3 Å². The van der Waals surface area contributed by atoms with Crippen LogP contribution in [0.25, 0.3) is 11.1 Å². The fourth-order valence-corrected chi connectivity index (χ4v) is 6.60. The Balaban J connectivity index is 1.47. The summed E-state index contributed by atoms with van der Waals surface area (Å²) in [6, 6.07) is 12.4. The average Bonchev–Trinajstić information content (AvgIpc) is 3.35. The molecule has 2 aliphatic rings. The summed E-state index contributed by atoms with van der Waals surface area (Å²) in [5, 5.41) is 0.436. The summed E-state index contributed by atoms with van der Waals surface area (Å²) in [6.45, 7) is 1.83. The second-order valence-electron chi connectivity index (χ2n) is 11.0. The van der Waals surface area contributed by atoms with E-state index >= 15 is 0 Å². The van der Waals surface area contributed by atoms with E-state index in [9.17, 15) is 45.5 Å². The van der Waals surface area contributed by atoms with Gasteiger partial charge >= 0.3 is 12.4 Å². The first kappa shape index (κ1) is 32.3. The van der Waals surface area contributed by atoms with Crippen LogP contribution in [0.2, 0.25) is 10.0 Å². The van der Waals surface area contributed by atoms with Gasteiger partial charge in [-0.25, -0.2) is 4.90 Å². The van der Waals surface area contributed by atoms with Crippen molar-refractivity contribution >= 4 is 52.5 Å². The quantitative estimate of drug-likeness (QED) is 0.159. The molecule has 47 heavy (non-hydrogen) atoms. The predicted molar refractivity (Wildman–Crippen MR) is 160 cm³/mol. The average molecular weight is 691 g/mol. The van der Waals surface area contributed by atoms with E-state index in [0.717, 1.165) is 24.7 Å². The smallest absolute Gasteiger partial charge is 0.277 e. The lowest BCUT2D eigenvalue weighted by atomic mass is 9.71. The van der Waals surface area contributed by atoms with Crippen LogP contribution in [0.5, 0.6) is 0 Å². The fourth-order valence-electron chi connectivity index (χ4n) is 5.99. The van der Waals surface area contributed by atoms with Gasteiger partial charge in [0.1, 0.15) is 0 Å². The molecule has 0 unspecified atom stereocenters. The van der Waals surface area contributed by atoms with E-state index in [4.69, 9.17) is 23.2 Å². The summed E-state index contributed by atoms with van der Waals surface area (Å²) in [7, 11) is 1.04. The standard InChI is InChI=1S/C33H18Cl2F6N2O4/c1-15-3-7-19(25(34)11-15)20-10-6-18(14-26(20)35)43-29(46)22-9-5-17(13-24(22)30(43)47)31(32(36,37)38,33(39,40)41)16-4-8-21-23(12-16)28(45)42(2)27(21)44/h3-14H,1-2H3. The molecule has 0 fully saturated rings. The minimum atomic E-state index is -6.07. The monoisotopic (exact) mass is 690 g/mol. The highest BCUT2D eigenvalue weighted by Crippen LogP contribution is 2.57. The summed E-state index contributed by atoms with van der Waals surface area (Å²) in [5.41, 5.74) is -7.95. The third-order valence-corrected chi connectivity index (χ3v) is 8.94. The molecule has 0 N–H and O–H groups in total. The first-order chi connectivity index (χ1) is 21.9. The molecule has 2 aliphatic heterocycles. The van der Waals surface area contributed by atoms with Gasteiger partial charge in [0.2, 0.25) is 5.41 Å². The first-order valence-electron chi connectivity index (χ1n) is 13.6. The number of alkyl halides is 6. The molecular formula is C33H18Cl2F6N2O4. The predicted octanol–water partition coefficient (Wildman–Crippen LogP) is 8.41. The van der Waals surface area contributed by atoms with E-state index in [-0.39, 0.29) is 16.3 Å². The number of hydrogen-bond donors (Lipinski definition) is 0. The number of carbonyl (C=O) groups is 4. The van der Waals surface area contributed by atoms with E-state index in [1.54, 1.807) is 18.2 Å². The van der Waals surface area contributed by atoms with Crippen molar-refractivity contribution in [2.24, 2.45) is 0 Å². The van der Waals surface area contributed by atoms with Crippen LogP contribution < -0.4 is 4.90 Å². The Kier molecular flexibility index (Phi) is 7.33. The third-order valence-electron chi connectivity index (χ3n) is 8.32. The van der Waals surface area contributed by atoms with E-state index in [2.05, 4.69) is 0 Å². The molecule has 6 rings (SSSR count). The molecule has 4 aromatic carbocycles. The van der Waals surface area contributed by atoms with E-state index in [0.29, 0.717) is 50.2 Å². The zero-order valence-corrected chi connectivity index (χ0v) is 25.5. The Hall–Kier alpha value is -4.68. The highest BCUT2D eigenvalue weighted by Gasteiger charge is 2.73. The molecule has 240 valence electrons. The van der Waals surface area contributed by atoms with Gasteiger partial charge in [-0.05, 0) is 66.1 Å². The van der Waals surface area contributed by atoms with Crippen LogP contribution in [0.4, 0.5) is 32.0 Å². The minimum Gasteiger partial charge on any atom is -0.277 e. The summed E-state index contributed by atoms with van der Waals surface area (Å²) in [5.74, 6) is -4.15. The number of carbonyl (C=O) groups excluding carboxylic acids is 4. The van der Waals surface area contributed by atoms with Gasteiger partial charge in [0.05, 0.1) is 33.0 Å². The normalized spacial score (nSPS) is 15.1. The second kappa shape index (κ2) is 10.7. The maximum Gasteiger partial charge on any atom is 0.411 e. The lowest BCUT2D eigenvalue weighted by Crippen LogP contribution is -2.55. The first-order valence-corrected chi connectivity index (χ1v) is 14.4.